The molecule has 10 heteroatoms. The minimum absolute atomic E-state index is 0.00713. The van der Waals surface area contributed by atoms with Crippen LogP contribution in [0.4, 0.5) is 15.9 Å². The summed E-state index contributed by atoms with van der Waals surface area (Å²) in [5, 5.41) is 7.06. The molecule has 2 N–H and O–H groups in total. The van der Waals surface area contributed by atoms with Gasteiger partial charge in [0.15, 0.2) is 0 Å². The zero-order chi connectivity index (χ0) is 26.2. The molecule has 0 saturated heterocycles. The van der Waals surface area contributed by atoms with E-state index in [2.05, 4.69) is 25.5 Å². The van der Waals surface area contributed by atoms with Crippen molar-refractivity contribution in [3.63, 3.8) is 0 Å². The Morgan fingerprint density at radius 1 is 1.24 bits per heavy atom. The topological polar surface area (TPSA) is 88.6 Å². The number of benzene rings is 2. The molecule has 3 aromatic rings. The largest absolute Gasteiger partial charge is 0.490 e. The summed E-state index contributed by atoms with van der Waals surface area (Å²) in [7, 11) is 3.66. The molecule has 1 amide bonds. The van der Waals surface area contributed by atoms with Gasteiger partial charge in [0.05, 0.1) is 17.1 Å². The van der Waals surface area contributed by atoms with E-state index in [1.165, 1.54) is 18.5 Å². The van der Waals surface area contributed by atoms with Gasteiger partial charge in [-0.05, 0) is 50.2 Å². The number of aromatic nitrogens is 2. The number of hydrogen-bond donors (Lipinski definition) is 2. The van der Waals surface area contributed by atoms with Gasteiger partial charge in [0.1, 0.15) is 29.8 Å². The number of ether oxygens (including phenoxy) is 2. The third-order valence-corrected chi connectivity index (χ3v) is 6.48. The number of carbonyl (C=O) groups is 1. The summed E-state index contributed by atoms with van der Waals surface area (Å²) >= 11 is 5.89. The van der Waals surface area contributed by atoms with Crippen LogP contribution in [0.5, 0.6) is 5.75 Å². The number of carbonyl (C=O) groups excluding carboxylic acids is 1. The van der Waals surface area contributed by atoms with E-state index in [0.29, 0.717) is 35.9 Å². The molecule has 2 aromatic carbocycles. The van der Waals surface area contributed by atoms with E-state index < -0.39 is 5.82 Å². The second kappa shape index (κ2) is 12.8. The highest BCUT2D eigenvalue weighted by molar-refractivity contribution is 6.31. The first-order valence-corrected chi connectivity index (χ1v) is 12.6. The first-order chi connectivity index (χ1) is 17.9. The molecule has 1 saturated carbocycles. The Labute approximate surface area is 220 Å². The van der Waals surface area contributed by atoms with Crippen LogP contribution in [-0.2, 0) is 9.53 Å². The summed E-state index contributed by atoms with van der Waals surface area (Å²) in [4.78, 5) is 23.0. The van der Waals surface area contributed by atoms with E-state index in [1.54, 1.807) is 19.3 Å². The zero-order valence-electron chi connectivity index (χ0n) is 20.9. The molecule has 0 aliphatic heterocycles. The van der Waals surface area contributed by atoms with Crippen molar-refractivity contribution in [2.45, 2.75) is 31.4 Å². The number of nitrogens with one attached hydrogen (secondary N) is 2. The van der Waals surface area contributed by atoms with Gasteiger partial charge in [0, 0.05) is 55.9 Å². The van der Waals surface area contributed by atoms with E-state index in [9.17, 15) is 9.18 Å². The molecule has 2 atom stereocenters. The molecule has 1 aromatic heterocycles. The molecule has 4 rings (SSSR count). The van der Waals surface area contributed by atoms with Crippen molar-refractivity contribution < 1.29 is 18.7 Å². The number of likely N-dealkylation sites (N-methyl/N-ethyl adjacent to an activating group) is 1. The molecule has 2 unspecified atom stereocenters. The van der Waals surface area contributed by atoms with Gasteiger partial charge in [-0.2, -0.15) is 0 Å². The van der Waals surface area contributed by atoms with Gasteiger partial charge in [-0.25, -0.2) is 14.4 Å². The Balaban J connectivity index is 1.30. The summed E-state index contributed by atoms with van der Waals surface area (Å²) in [6.45, 7) is 2.16. The lowest BCUT2D eigenvalue weighted by atomic mass is 10.2. The number of halogens is 2. The molecule has 37 heavy (non-hydrogen) atoms. The Kier molecular flexibility index (Phi) is 9.27. The van der Waals surface area contributed by atoms with Crippen LogP contribution in [0.2, 0.25) is 5.02 Å². The van der Waals surface area contributed by atoms with E-state index in [-0.39, 0.29) is 23.1 Å². The molecule has 0 radical (unpaired) electrons. The highest BCUT2D eigenvalue weighted by Crippen LogP contribution is 2.30. The van der Waals surface area contributed by atoms with Crippen LogP contribution >= 0.6 is 11.6 Å². The smallest absolute Gasteiger partial charge is 0.243 e. The summed E-state index contributed by atoms with van der Waals surface area (Å²) in [5.41, 5.74) is 1.34. The molecule has 1 heterocycles. The van der Waals surface area contributed by atoms with Crippen LogP contribution in [-0.4, -0.2) is 66.8 Å². The van der Waals surface area contributed by atoms with Crippen molar-refractivity contribution in [3.05, 3.63) is 65.7 Å². The fourth-order valence-corrected chi connectivity index (χ4v) is 4.40. The van der Waals surface area contributed by atoms with Crippen LogP contribution < -0.4 is 15.4 Å². The Hall–Kier alpha value is -3.27. The van der Waals surface area contributed by atoms with Crippen molar-refractivity contribution in [3.8, 4) is 5.75 Å². The van der Waals surface area contributed by atoms with Crippen molar-refractivity contribution in [2.75, 3.05) is 39.2 Å². The predicted molar refractivity (Wildman–Crippen MR) is 143 cm³/mol. The first kappa shape index (κ1) is 26.8. The van der Waals surface area contributed by atoms with Gasteiger partial charge in [-0.1, -0.05) is 17.7 Å². The molecule has 0 spiro atoms. The molecule has 0 bridgehead atoms. The van der Waals surface area contributed by atoms with Crippen molar-refractivity contribution >= 4 is 39.9 Å². The van der Waals surface area contributed by atoms with Crippen LogP contribution in [0, 0.1) is 5.82 Å². The normalized spacial score (nSPS) is 17.5. The van der Waals surface area contributed by atoms with Gasteiger partial charge in [-0.3, -0.25) is 4.79 Å². The van der Waals surface area contributed by atoms with Gasteiger partial charge in [0.2, 0.25) is 5.91 Å². The van der Waals surface area contributed by atoms with Gasteiger partial charge in [-0.15, -0.1) is 0 Å². The molecule has 1 fully saturated rings. The standard InChI is InChI=1S/C27H31ClFN5O3/c1-34(12-13-36-2)11-3-4-26(35)32-18-5-7-20(14-18)37-21-8-9-22-25(16-21)30-17-31-27(22)33-19-6-10-24(29)23(28)15-19/h3-4,6,8-10,15-18,20H,5,7,11-14H2,1-2H3,(H,32,35)(H,30,31,33). The molecule has 1 aliphatic carbocycles. The Morgan fingerprint density at radius 3 is 2.92 bits per heavy atom. The lowest BCUT2D eigenvalue weighted by Gasteiger charge is -2.16. The lowest BCUT2D eigenvalue weighted by Crippen LogP contribution is -2.32. The second-order valence-corrected chi connectivity index (χ2v) is 9.48. The molecule has 1 aliphatic rings. The summed E-state index contributed by atoms with van der Waals surface area (Å²) < 4.78 is 24.7. The van der Waals surface area contributed by atoms with Crippen molar-refractivity contribution in [1.82, 2.24) is 20.2 Å². The SMILES string of the molecule is COCCN(C)CC=CC(=O)NC1CCC(Oc2ccc3c(Nc4ccc(F)c(Cl)c4)ncnc3c2)C1. The van der Waals surface area contributed by atoms with Gasteiger partial charge >= 0.3 is 0 Å². The number of methoxy groups -OCH3 is 1. The molecule has 8 nitrogen and oxygen atoms in total. The van der Waals surface area contributed by atoms with Gasteiger partial charge < -0.3 is 25.0 Å². The van der Waals surface area contributed by atoms with E-state index >= 15 is 0 Å². The fourth-order valence-electron chi connectivity index (χ4n) is 4.22. The molecular formula is C27H31ClFN5O3. The van der Waals surface area contributed by atoms with Crippen LogP contribution in [0.1, 0.15) is 19.3 Å². The summed E-state index contributed by atoms with van der Waals surface area (Å²) in [5.74, 6) is 0.725. The van der Waals surface area contributed by atoms with Crippen molar-refractivity contribution in [2.24, 2.45) is 0 Å². The van der Waals surface area contributed by atoms with Gasteiger partial charge in [0.25, 0.3) is 0 Å². The first-order valence-electron chi connectivity index (χ1n) is 12.2. The quantitative estimate of drug-likeness (QED) is 0.349. The average molecular weight is 528 g/mol. The number of fused-ring (bicyclic) bond motifs is 1. The predicted octanol–water partition coefficient (Wildman–Crippen LogP) is 4.72. The Bertz CT molecular complexity index is 1260. The second-order valence-electron chi connectivity index (χ2n) is 9.07. The van der Waals surface area contributed by atoms with E-state index in [0.717, 1.165) is 31.2 Å². The number of hydrogen-bond acceptors (Lipinski definition) is 7. The molecule has 196 valence electrons. The minimum atomic E-state index is -0.478. The highest BCUT2D eigenvalue weighted by Gasteiger charge is 2.27. The van der Waals surface area contributed by atoms with E-state index in [1.807, 2.05) is 31.3 Å². The summed E-state index contributed by atoms with van der Waals surface area (Å²) in [6, 6.07) is 10.1. The average Bonchev–Trinajstić information content (AvgIpc) is 3.31. The van der Waals surface area contributed by atoms with Crippen molar-refractivity contribution in [1.29, 1.82) is 0 Å². The number of rotatable bonds is 11. The monoisotopic (exact) mass is 527 g/mol. The maximum atomic E-state index is 13.5. The fraction of sp³-hybridized carbons (Fsp3) is 0.370. The molecular weight excluding hydrogens is 497 g/mol. The maximum absolute atomic E-state index is 13.5. The Morgan fingerprint density at radius 2 is 2.11 bits per heavy atom. The number of amides is 1. The lowest BCUT2D eigenvalue weighted by molar-refractivity contribution is -0.117. The van der Waals surface area contributed by atoms with Crippen LogP contribution in [0.25, 0.3) is 10.9 Å². The zero-order valence-corrected chi connectivity index (χ0v) is 21.7. The number of anilines is 2. The summed E-state index contributed by atoms with van der Waals surface area (Å²) in [6.07, 6.45) is 7.38. The maximum Gasteiger partial charge on any atom is 0.243 e. The number of nitrogens with zero attached hydrogens (tertiary/aromatic N) is 3. The third-order valence-electron chi connectivity index (χ3n) is 6.19. The van der Waals surface area contributed by atoms with E-state index in [4.69, 9.17) is 21.1 Å². The van der Waals surface area contributed by atoms with Crippen LogP contribution in [0.3, 0.4) is 0 Å². The highest BCUT2D eigenvalue weighted by atomic mass is 35.5. The van der Waals surface area contributed by atoms with Crippen LogP contribution in [0.15, 0.2) is 54.9 Å². The third kappa shape index (κ3) is 7.61. The minimum Gasteiger partial charge on any atom is -0.490 e.